The van der Waals surface area contributed by atoms with Crippen molar-refractivity contribution in [2.24, 2.45) is 4.99 Å². The second-order valence-electron chi connectivity index (χ2n) is 8.06. The number of rotatable bonds is 7. The van der Waals surface area contributed by atoms with E-state index < -0.39 is 18.6 Å². The highest BCUT2D eigenvalue weighted by molar-refractivity contribution is 7.13. The van der Waals surface area contributed by atoms with Crippen LogP contribution < -0.4 is 14.8 Å². The number of carbonyl (C=O) groups is 1. The summed E-state index contributed by atoms with van der Waals surface area (Å²) < 4.78 is 16.9. The van der Waals surface area contributed by atoms with Crippen LogP contribution in [0.5, 0.6) is 11.5 Å². The van der Waals surface area contributed by atoms with Gasteiger partial charge in [0.1, 0.15) is 13.2 Å². The normalized spacial score (nSPS) is 13.8. The third-order valence-electron chi connectivity index (χ3n) is 5.80. The number of aromatic nitrogens is 1. The van der Waals surface area contributed by atoms with Gasteiger partial charge in [0, 0.05) is 17.3 Å². The maximum absolute atomic E-state index is 11.0. The quantitative estimate of drug-likeness (QED) is 0.324. The minimum absolute atomic E-state index is 0.545. The van der Waals surface area contributed by atoms with Gasteiger partial charge in [0.15, 0.2) is 23.4 Å². The van der Waals surface area contributed by atoms with Crippen molar-refractivity contribution in [2.75, 3.05) is 25.1 Å². The molecule has 9 heteroatoms. The van der Waals surface area contributed by atoms with Crippen molar-refractivity contribution in [2.45, 2.75) is 13.0 Å². The summed E-state index contributed by atoms with van der Waals surface area (Å²) in [6.07, 6.45) is 1.46. The number of carboxylic acids is 1. The fourth-order valence-corrected chi connectivity index (χ4v) is 4.70. The summed E-state index contributed by atoms with van der Waals surface area (Å²) in [5, 5.41) is 22.6. The standard InChI is InChI=1S/C26H23N3O5S/c1-15-18(17-6-8-22-23(12-17)34-10-9-33-22)3-2-4-20(15)28-25-19-7-5-16(11-24(19)35-29-25)13-27-21(14-30)26(31)32/h2-8,11-13,21,30H,9-10,14H2,1H3,(H,28,29)(H,31,32)/t21-/m0/s1. The molecule has 0 amide bonds. The Bertz CT molecular complexity index is 1430. The van der Waals surface area contributed by atoms with E-state index >= 15 is 0 Å². The van der Waals surface area contributed by atoms with Crippen LogP contribution in [0.1, 0.15) is 11.1 Å². The fourth-order valence-electron chi connectivity index (χ4n) is 3.91. The molecular weight excluding hydrogens is 466 g/mol. The molecule has 1 aromatic heterocycles. The number of aliphatic carboxylic acids is 1. The van der Waals surface area contributed by atoms with Crippen LogP contribution in [-0.4, -0.2) is 52.6 Å². The van der Waals surface area contributed by atoms with Crippen molar-refractivity contribution in [3.8, 4) is 22.6 Å². The van der Waals surface area contributed by atoms with E-state index in [0.29, 0.717) is 13.2 Å². The highest BCUT2D eigenvalue weighted by Gasteiger charge is 2.16. The Morgan fingerprint density at radius 1 is 1.17 bits per heavy atom. The first-order valence-electron chi connectivity index (χ1n) is 11.1. The average Bonchev–Trinajstić information content (AvgIpc) is 3.27. The van der Waals surface area contributed by atoms with Crippen molar-refractivity contribution in [1.29, 1.82) is 0 Å². The Kier molecular flexibility index (Phi) is 6.35. The third kappa shape index (κ3) is 4.68. The molecule has 1 aliphatic rings. The van der Waals surface area contributed by atoms with E-state index in [4.69, 9.17) is 19.7 Å². The van der Waals surface area contributed by atoms with Crippen molar-refractivity contribution >= 4 is 45.3 Å². The van der Waals surface area contributed by atoms with E-state index in [1.54, 1.807) is 0 Å². The van der Waals surface area contributed by atoms with Crippen LogP contribution in [0, 0.1) is 6.92 Å². The van der Waals surface area contributed by atoms with Gasteiger partial charge in [-0.05, 0) is 71.0 Å². The second-order valence-corrected chi connectivity index (χ2v) is 8.87. The molecule has 3 N–H and O–H groups in total. The molecule has 0 spiro atoms. The van der Waals surface area contributed by atoms with Crippen LogP contribution in [0.25, 0.3) is 21.2 Å². The molecule has 0 saturated carbocycles. The Balaban J connectivity index is 1.40. The van der Waals surface area contributed by atoms with E-state index in [0.717, 1.165) is 55.3 Å². The van der Waals surface area contributed by atoms with Gasteiger partial charge >= 0.3 is 5.97 Å². The van der Waals surface area contributed by atoms with Gasteiger partial charge < -0.3 is 25.0 Å². The highest BCUT2D eigenvalue weighted by Crippen LogP contribution is 2.38. The maximum Gasteiger partial charge on any atom is 0.330 e. The molecule has 5 rings (SSSR count). The fraction of sp³-hybridized carbons (Fsp3) is 0.192. The minimum atomic E-state index is -1.17. The summed E-state index contributed by atoms with van der Waals surface area (Å²) in [6.45, 7) is 2.63. The van der Waals surface area contributed by atoms with Gasteiger partial charge in [-0.15, -0.1) is 0 Å². The zero-order valence-corrected chi connectivity index (χ0v) is 19.7. The van der Waals surface area contributed by atoms with E-state index in [2.05, 4.69) is 27.7 Å². The first-order chi connectivity index (χ1) is 17.0. The van der Waals surface area contributed by atoms with E-state index in [1.165, 1.54) is 17.7 Å². The Labute approximate surface area is 205 Å². The topological polar surface area (TPSA) is 113 Å². The van der Waals surface area contributed by atoms with Gasteiger partial charge in [-0.25, -0.2) is 4.79 Å². The highest BCUT2D eigenvalue weighted by atomic mass is 32.1. The molecule has 0 unspecified atom stereocenters. The number of anilines is 2. The number of benzene rings is 3. The number of aliphatic hydroxyl groups is 1. The molecule has 1 atom stereocenters. The molecule has 178 valence electrons. The molecule has 35 heavy (non-hydrogen) atoms. The van der Waals surface area contributed by atoms with Gasteiger partial charge in [-0.1, -0.05) is 24.3 Å². The lowest BCUT2D eigenvalue weighted by molar-refractivity contribution is -0.139. The van der Waals surface area contributed by atoms with E-state index in [1.807, 2.05) is 48.5 Å². The van der Waals surface area contributed by atoms with Crippen molar-refractivity contribution in [3.05, 3.63) is 65.7 Å². The second kappa shape index (κ2) is 9.73. The Morgan fingerprint density at radius 2 is 2.00 bits per heavy atom. The first kappa shape index (κ1) is 22.8. The van der Waals surface area contributed by atoms with Gasteiger partial charge in [0.25, 0.3) is 0 Å². The molecule has 4 aromatic rings. The number of aliphatic imine (C=N–C) groups is 1. The Morgan fingerprint density at radius 3 is 2.80 bits per heavy atom. The van der Waals surface area contributed by atoms with Crippen molar-refractivity contribution in [1.82, 2.24) is 4.37 Å². The average molecular weight is 490 g/mol. The van der Waals surface area contributed by atoms with E-state index in [9.17, 15) is 4.79 Å². The van der Waals surface area contributed by atoms with Crippen LogP contribution in [0.4, 0.5) is 11.5 Å². The smallest absolute Gasteiger partial charge is 0.330 e. The molecule has 8 nitrogen and oxygen atoms in total. The molecular formula is C26H23N3O5S. The number of fused-ring (bicyclic) bond motifs is 2. The molecule has 3 aromatic carbocycles. The lowest BCUT2D eigenvalue weighted by Crippen LogP contribution is -2.22. The minimum Gasteiger partial charge on any atom is -0.486 e. The zero-order valence-electron chi connectivity index (χ0n) is 18.9. The molecule has 1 aliphatic heterocycles. The van der Waals surface area contributed by atoms with Crippen LogP contribution in [0.15, 0.2) is 59.6 Å². The maximum atomic E-state index is 11.0. The number of hydrogen-bond donors (Lipinski definition) is 3. The van der Waals surface area contributed by atoms with Crippen molar-refractivity contribution < 1.29 is 24.5 Å². The predicted octanol–water partition coefficient (Wildman–Crippen LogP) is 4.65. The van der Waals surface area contributed by atoms with E-state index in [-0.39, 0.29) is 0 Å². The molecule has 2 heterocycles. The number of carboxylic acid groups (broad SMARTS) is 1. The largest absolute Gasteiger partial charge is 0.486 e. The van der Waals surface area contributed by atoms with Crippen molar-refractivity contribution in [3.63, 3.8) is 0 Å². The predicted molar refractivity (Wildman–Crippen MR) is 137 cm³/mol. The summed E-state index contributed by atoms with van der Waals surface area (Å²) in [5.74, 6) is 1.10. The number of hydrogen-bond acceptors (Lipinski definition) is 8. The van der Waals surface area contributed by atoms with Gasteiger partial charge in [0.05, 0.1) is 11.3 Å². The summed E-state index contributed by atoms with van der Waals surface area (Å²) in [5.41, 5.74) is 4.90. The number of nitrogens with zero attached hydrogens (tertiary/aromatic N) is 2. The third-order valence-corrected chi connectivity index (χ3v) is 6.61. The molecule has 0 radical (unpaired) electrons. The monoisotopic (exact) mass is 489 g/mol. The first-order valence-corrected chi connectivity index (χ1v) is 11.8. The lowest BCUT2D eigenvalue weighted by Gasteiger charge is -2.19. The summed E-state index contributed by atoms with van der Waals surface area (Å²) in [6, 6.07) is 16.6. The SMILES string of the molecule is Cc1c(Nc2nsc3cc(C=N[C@@H](CO)C(=O)O)ccc23)cccc1-c1ccc2c(c1)OCCO2. The molecule has 0 fully saturated rings. The number of ether oxygens (including phenoxy) is 2. The van der Waals surface area contributed by atoms with Crippen LogP contribution in [0.3, 0.4) is 0 Å². The molecule has 0 bridgehead atoms. The Hall–Kier alpha value is -3.95. The molecule has 0 aliphatic carbocycles. The summed E-state index contributed by atoms with van der Waals surface area (Å²) in [7, 11) is 0. The molecule has 0 saturated heterocycles. The van der Waals surface area contributed by atoms with Gasteiger partial charge in [-0.2, -0.15) is 4.37 Å². The summed E-state index contributed by atoms with van der Waals surface area (Å²) in [4.78, 5) is 15.0. The van der Waals surface area contributed by atoms with Gasteiger partial charge in [-0.3, -0.25) is 4.99 Å². The lowest BCUT2D eigenvalue weighted by atomic mass is 9.98. The van der Waals surface area contributed by atoms with Crippen LogP contribution in [0.2, 0.25) is 0 Å². The van der Waals surface area contributed by atoms with Gasteiger partial charge in [0.2, 0.25) is 0 Å². The summed E-state index contributed by atoms with van der Waals surface area (Å²) >= 11 is 1.35. The number of nitrogens with one attached hydrogen (secondary N) is 1. The number of aliphatic hydroxyl groups excluding tert-OH is 1. The van der Waals surface area contributed by atoms with Crippen LogP contribution in [-0.2, 0) is 4.79 Å². The van der Waals surface area contributed by atoms with Crippen LogP contribution >= 0.6 is 11.5 Å². The zero-order chi connectivity index (χ0) is 24.4.